The van der Waals surface area contributed by atoms with Crippen LogP contribution in [0.4, 0.5) is 0 Å². The first-order valence-electron chi connectivity index (χ1n) is 6.27. The monoisotopic (exact) mass is 284 g/mol. The third kappa shape index (κ3) is 1.90. The molecule has 1 heterocycles. The first-order valence-corrected chi connectivity index (χ1v) is 6.27. The molecule has 0 fully saturated rings. The lowest BCUT2D eigenvalue weighted by atomic mass is 10.1. The molecule has 21 heavy (non-hydrogen) atoms. The normalized spacial score (nSPS) is 10.9. The summed E-state index contributed by atoms with van der Waals surface area (Å²) in [5, 5.41) is 29.5. The van der Waals surface area contributed by atoms with Gasteiger partial charge in [-0.05, 0) is 6.92 Å². The van der Waals surface area contributed by atoms with Crippen LogP contribution in [0.2, 0.25) is 0 Å². The molecule has 3 aromatic rings. The summed E-state index contributed by atoms with van der Waals surface area (Å²) in [5.74, 6) is -1.19. The zero-order chi connectivity index (χ0) is 15.1. The van der Waals surface area contributed by atoms with Crippen LogP contribution in [0.3, 0.4) is 0 Å². The molecule has 0 unspecified atom stereocenters. The van der Waals surface area contributed by atoms with Crippen molar-refractivity contribution in [1.29, 1.82) is 0 Å². The van der Waals surface area contributed by atoms with E-state index in [4.69, 9.17) is 4.42 Å². The van der Waals surface area contributed by atoms with Crippen molar-refractivity contribution in [2.24, 2.45) is 0 Å². The van der Waals surface area contributed by atoms with Gasteiger partial charge in [-0.25, -0.2) is 0 Å². The number of hydrogen-bond donors (Lipinski definition) is 3. The van der Waals surface area contributed by atoms with E-state index in [-0.39, 0.29) is 22.5 Å². The highest BCUT2D eigenvalue weighted by Gasteiger charge is 2.20. The van der Waals surface area contributed by atoms with Crippen molar-refractivity contribution < 1.29 is 19.7 Å². The summed E-state index contributed by atoms with van der Waals surface area (Å²) in [6.07, 6.45) is 0. The van der Waals surface area contributed by atoms with Crippen LogP contribution in [0, 0.1) is 6.92 Å². The molecular weight excluding hydrogens is 272 g/mol. The van der Waals surface area contributed by atoms with Crippen molar-refractivity contribution in [3.8, 4) is 28.6 Å². The van der Waals surface area contributed by atoms with Gasteiger partial charge in [0.2, 0.25) is 11.2 Å². The second kappa shape index (κ2) is 4.56. The Hall–Kier alpha value is -2.95. The van der Waals surface area contributed by atoms with E-state index in [2.05, 4.69) is 0 Å². The molecule has 3 rings (SSSR count). The number of rotatable bonds is 1. The van der Waals surface area contributed by atoms with Crippen molar-refractivity contribution in [3.63, 3.8) is 0 Å². The summed E-state index contributed by atoms with van der Waals surface area (Å²) in [5.41, 5.74) is 0.151. The van der Waals surface area contributed by atoms with Crippen LogP contribution in [0.15, 0.2) is 45.6 Å². The average molecular weight is 284 g/mol. The molecule has 5 nitrogen and oxygen atoms in total. The molecule has 0 saturated carbocycles. The fourth-order valence-corrected chi connectivity index (χ4v) is 2.23. The van der Waals surface area contributed by atoms with E-state index in [0.29, 0.717) is 11.1 Å². The summed E-state index contributed by atoms with van der Waals surface area (Å²) in [7, 11) is 0. The molecule has 0 atom stereocenters. The molecule has 2 aromatic carbocycles. The van der Waals surface area contributed by atoms with Crippen LogP contribution in [-0.4, -0.2) is 15.3 Å². The largest absolute Gasteiger partial charge is 0.507 e. The highest BCUT2D eigenvalue weighted by atomic mass is 16.4. The highest BCUT2D eigenvalue weighted by molar-refractivity contribution is 5.90. The molecule has 0 aliphatic carbocycles. The predicted molar refractivity (Wildman–Crippen MR) is 77.7 cm³/mol. The van der Waals surface area contributed by atoms with E-state index < -0.39 is 16.9 Å². The van der Waals surface area contributed by atoms with Crippen molar-refractivity contribution in [2.45, 2.75) is 6.92 Å². The average Bonchev–Trinajstić information content (AvgIpc) is 2.48. The molecule has 0 aliphatic rings. The van der Waals surface area contributed by atoms with Gasteiger partial charge in [0.1, 0.15) is 22.5 Å². The lowest BCUT2D eigenvalue weighted by Gasteiger charge is -2.09. The first-order chi connectivity index (χ1) is 10.0. The minimum atomic E-state index is -0.740. The molecule has 0 amide bonds. The van der Waals surface area contributed by atoms with E-state index in [0.717, 1.165) is 6.07 Å². The third-order valence-electron chi connectivity index (χ3n) is 3.38. The SMILES string of the molecule is Cc1c(O)cc(O)c2c(=O)c(O)c(-c3ccccc3)oc12. The molecule has 5 heteroatoms. The summed E-state index contributed by atoms with van der Waals surface area (Å²) < 4.78 is 5.58. The minimum absolute atomic E-state index is 0.00111. The van der Waals surface area contributed by atoms with Crippen LogP contribution in [0.1, 0.15) is 5.56 Å². The van der Waals surface area contributed by atoms with Gasteiger partial charge in [-0.2, -0.15) is 0 Å². The van der Waals surface area contributed by atoms with Gasteiger partial charge in [-0.1, -0.05) is 30.3 Å². The van der Waals surface area contributed by atoms with E-state index in [9.17, 15) is 20.1 Å². The van der Waals surface area contributed by atoms with Gasteiger partial charge >= 0.3 is 0 Å². The Balaban J connectivity index is 2.48. The molecule has 106 valence electrons. The van der Waals surface area contributed by atoms with Crippen molar-refractivity contribution in [3.05, 3.63) is 52.2 Å². The Labute approximate surface area is 119 Å². The Kier molecular flexibility index (Phi) is 2.83. The fraction of sp³-hybridized carbons (Fsp3) is 0.0625. The fourth-order valence-electron chi connectivity index (χ4n) is 2.23. The molecule has 0 aliphatic heterocycles. The van der Waals surface area contributed by atoms with E-state index in [1.54, 1.807) is 37.3 Å². The topological polar surface area (TPSA) is 90.9 Å². The second-order valence-corrected chi connectivity index (χ2v) is 4.72. The predicted octanol–water partition coefficient (Wildman–Crippen LogP) is 2.89. The van der Waals surface area contributed by atoms with E-state index in [1.165, 1.54) is 0 Å². The summed E-state index contributed by atoms with van der Waals surface area (Å²) >= 11 is 0. The highest BCUT2D eigenvalue weighted by Crippen LogP contribution is 2.37. The maximum absolute atomic E-state index is 12.3. The zero-order valence-electron chi connectivity index (χ0n) is 11.1. The van der Waals surface area contributed by atoms with Crippen LogP contribution in [0.25, 0.3) is 22.3 Å². The number of aryl methyl sites for hydroxylation is 1. The van der Waals surface area contributed by atoms with Crippen LogP contribution in [0.5, 0.6) is 17.2 Å². The number of phenolic OH excluding ortho intramolecular Hbond substituents is 2. The summed E-state index contributed by atoms with van der Waals surface area (Å²) in [4.78, 5) is 12.3. The van der Waals surface area contributed by atoms with Gasteiger partial charge in [0.15, 0.2) is 5.76 Å². The van der Waals surface area contributed by atoms with Gasteiger partial charge in [-0.15, -0.1) is 0 Å². The van der Waals surface area contributed by atoms with Gasteiger partial charge in [0, 0.05) is 17.2 Å². The minimum Gasteiger partial charge on any atom is -0.507 e. The van der Waals surface area contributed by atoms with Gasteiger partial charge in [0.25, 0.3) is 0 Å². The van der Waals surface area contributed by atoms with Crippen LogP contribution < -0.4 is 5.43 Å². The summed E-state index contributed by atoms with van der Waals surface area (Å²) in [6.45, 7) is 1.56. The lowest BCUT2D eigenvalue weighted by Crippen LogP contribution is -2.04. The van der Waals surface area contributed by atoms with E-state index in [1.807, 2.05) is 0 Å². The summed E-state index contributed by atoms with van der Waals surface area (Å²) in [6, 6.07) is 9.69. The standard InChI is InChI=1S/C16H12O5/c1-8-10(17)7-11(18)12-13(19)14(20)16(21-15(8)12)9-5-3-2-4-6-9/h2-7,17-18,20H,1H3. The second-order valence-electron chi connectivity index (χ2n) is 4.72. The number of aromatic hydroxyl groups is 3. The molecule has 0 radical (unpaired) electrons. The van der Waals surface area contributed by atoms with Gasteiger partial charge < -0.3 is 19.7 Å². The Morgan fingerprint density at radius 1 is 1.00 bits per heavy atom. The Morgan fingerprint density at radius 2 is 1.67 bits per heavy atom. The smallest absolute Gasteiger partial charge is 0.238 e. The van der Waals surface area contributed by atoms with Crippen LogP contribution >= 0.6 is 0 Å². The molecule has 0 saturated heterocycles. The Morgan fingerprint density at radius 3 is 2.33 bits per heavy atom. The molecular formula is C16H12O5. The number of fused-ring (bicyclic) bond motifs is 1. The van der Waals surface area contributed by atoms with Crippen molar-refractivity contribution in [2.75, 3.05) is 0 Å². The maximum Gasteiger partial charge on any atom is 0.238 e. The lowest BCUT2D eigenvalue weighted by molar-refractivity contribution is 0.436. The molecule has 1 aromatic heterocycles. The van der Waals surface area contributed by atoms with Crippen molar-refractivity contribution >= 4 is 11.0 Å². The van der Waals surface area contributed by atoms with Crippen LogP contribution in [-0.2, 0) is 0 Å². The Bertz CT molecular complexity index is 894. The molecule has 3 N–H and O–H groups in total. The van der Waals surface area contributed by atoms with E-state index >= 15 is 0 Å². The molecule has 0 spiro atoms. The maximum atomic E-state index is 12.3. The number of phenols is 2. The van der Waals surface area contributed by atoms with Gasteiger partial charge in [0.05, 0.1) is 0 Å². The van der Waals surface area contributed by atoms with Gasteiger partial charge in [-0.3, -0.25) is 4.79 Å². The number of hydrogen-bond acceptors (Lipinski definition) is 5. The third-order valence-corrected chi connectivity index (χ3v) is 3.38. The first kappa shape index (κ1) is 13.1. The zero-order valence-corrected chi connectivity index (χ0v) is 11.1. The van der Waals surface area contributed by atoms with Crippen molar-refractivity contribution in [1.82, 2.24) is 0 Å². The molecule has 0 bridgehead atoms. The number of benzene rings is 2. The quantitative estimate of drug-likeness (QED) is 0.639.